The molecule has 1 aliphatic heterocycles. The number of ether oxygens (including phenoxy) is 1. The third kappa shape index (κ3) is 3.20. The van der Waals surface area contributed by atoms with Crippen LogP contribution in [-0.2, 0) is 0 Å². The quantitative estimate of drug-likeness (QED) is 0.840. The third-order valence-electron chi connectivity index (χ3n) is 3.36. The second kappa shape index (κ2) is 6.03. The zero-order valence-electron chi connectivity index (χ0n) is 10.5. The summed E-state index contributed by atoms with van der Waals surface area (Å²) in [6.45, 7) is 3.79. The fourth-order valence-electron chi connectivity index (χ4n) is 2.37. The van der Waals surface area contributed by atoms with Gasteiger partial charge in [0.2, 0.25) is 0 Å². The van der Waals surface area contributed by atoms with Crippen molar-refractivity contribution in [1.29, 1.82) is 0 Å². The van der Waals surface area contributed by atoms with E-state index in [2.05, 4.69) is 17.4 Å². The molecule has 3 nitrogen and oxygen atoms in total. The molecule has 0 radical (unpaired) electrons. The van der Waals surface area contributed by atoms with Gasteiger partial charge in [-0.25, -0.2) is 0 Å². The molecule has 2 rings (SSSR count). The molecule has 0 amide bonds. The second-order valence-corrected chi connectivity index (χ2v) is 4.58. The van der Waals surface area contributed by atoms with E-state index in [1.807, 2.05) is 19.1 Å². The van der Waals surface area contributed by atoms with Crippen LogP contribution in [0.3, 0.4) is 0 Å². The van der Waals surface area contributed by atoms with Crippen LogP contribution < -0.4 is 15.8 Å². The highest BCUT2D eigenvalue weighted by molar-refractivity contribution is 5.29. The Morgan fingerprint density at radius 2 is 2.12 bits per heavy atom. The van der Waals surface area contributed by atoms with Gasteiger partial charge in [0.05, 0.1) is 6.61 Å². The predicted molar refractivity (Wildman–Crippen MR) is 70.2 cm³/mol. The minimum absolute atomic E-state index is 0.0889. The topological polar surface area (TPSA) is 47.3 Å². The van der Waals surface area contributed by atoms with Crippen molar-refractivity contribution in [3.8, 4) is 5.75 Å². The monoisotopic (exact) mass is 234 g/mol. The molecule has 2 atom stereocenters. The Hall–Kier alpha value is -1.06. The number of hydrogen-bond acceptors (Lipinski definition) is 3. The number of benzene rings is 1. The minimum atomic E-state index is 0.0889. The van der Waals surface area contributed by atoms with Crippen LogP contribution in [0.15, 0.2) is 24.3 Å². The number of nitrogens with one attached hydrogen (secondary N) is 1. The number of nitrogens with two attached hydrogens (primary N) is 1. The van der Waals surface area contributed by atoms with E-state index in [9.17, 15) is 0 Å². The van der Waals surface area contributed by atoms with Crippen LogP contribution in [0.5, 0.6) is 5.75 Å². The van der Waals surface area contributed by atoms with Gasteiger partial charge in [0, 0.05) is 12.1 Å². The first-order valence-corrected chi connectivity index (χ1v) is 6.53. The molecule has 1 saturated heterocycles. The highest BCUT2D eigenvalue weighted by Crippen LogP contribution is 2.22. The molecule has 1 aromatic rings. The highest BCUT2D eigenvalue weighted by Gasteiger charge is 2.21. The fourth-order valence-corrected chi connectivity index (χ4v) is 2.37. The molecule has 0 spiro atoms. The lowest BCUT2D eigenvalue weighted by molar-refractivity contribution is 0.338. The third-order valence-corrected chi connectivity index (χ3v) is 3.36. The lowest BCUT2D eigenvalue weighted by Gasteiger charge is -2.29. The molecule has 0 aliphatic carbocycles. The molecular formula is C14H22N2O. The van der Waals surface area contributed by atoms with E-state index >= 15 is 0 Å². The van der Waals surface area contributed by atoms with Crippen LogP contribution >= 0.6 is 0 Å². The van der Waals surface area contributed by atoms with Gasteiger partial charge in [-0.15, -0.1) is 0 Å². The van der Waals surface area contributed by atoms with Gasteiger partial charge >= 0.3 is 0 Å². The molecule has 0 aromatic heterocycles. The first-order valence-electron chi connectivity index (χ1n) is 6.53. The van der Waals surface area contributed by atoms with Crippen molar-refractivity contribution in [2.75, 3.05) is 13.2 Å². The van der Waals surface area contributed by atoms with Gasteiger partial charge in [0.1, 0.15) is 5.75 Å². The Balaban J connectivity index is 2.00. The average molecular weight is 234 g/mol. The lowest BCUT2D eigenvalue weighted by Crippen LogP contribution is -2.42. The van der Waals surface area contributed by atoms with Gasteiger partial charge in [-0.1, -0.05) is 18.6 Å². The summed E-state index contributed by atoms with van der Waals surface area (Å²) in [7, 11) is 0. The zero-order valence-corrected chi connectivity index (χ0v) is 10.5. The predicted octanol–water partition coefficient (Wildman–Crippen LogP) is 2.23. The van der Waals surface area contributed by atoms with Gasteiger partial charge in [0.15, 0.2) is 0 Å². The molecule has 0 saturated carbocycles. The van der Waals surface area contributed by atoms with E-state index < -0.39 is 0 Å². The van der Waals surface area contributed by atoms with Crippen LogP contribution in [0.2, 0.25) is 0 Å². The highest BCUT2D eigenvalue weighted by atomic mass is 16.5. The van der Waals surface area contributed by atoms with E-state index in [-0.39, 0.29) is 6.04 Å². The number of rotatable bonds is 4. The molecule has 3 heteroatoms. The normalized spacial score (nSPS) is 22.1. The standard InChI is InChI=1S/C14H22N2O/c1-2-17-12-8-6-11(7-9-12)14(15)13-5-3-4-10-16-13/h6-9,13-14,16H,2-5,10,15H2,1H3. The summed E-state index contributed by atoms with van der Waals surface area (Å²) in [6, 6.07) is 8.66. The van der Waals surface area contributed by atoms with Gasteiger partial charge in [-0.3, -0.25) is 0 Å². The Labute approximate surface area is 103 Å². The maximum absolute atomic E-state index is 6.29. The van der Waals surface area contributed by atoms with Gasteiger partial charge in [-0.05, 0) is 44.0 Å². The van der Waals surface area contributed by atoms with E-state index in [1.165, 1.54) is 24.8 Å². The Bertz CT molecular complexity index is 331. The molecule has 1 aliphatic rings. The van der Waals surface area contributed by atoms with Crippen molar-refractivity contribution in [2.24, 2.45) is 5.73 Å². The summed E-state index contributed by atoms with van der Waals surface area (Å²) < 4.78 is 5.43. The van der Waals surface area contributed by atoms with Crippen LogP contribution in [0.4, 0.5) is 0 Å². The first kappa shape index (κ1) is 12.4. The van der Waals surface area contributed by atoms with E-state index in [0.29, 0.717) is 12.6 Å². The SMILES string of the molecule is CCOc1ccc(C(N)C2CCCCN2)cc1. The number of piperidine rings is 1. The van der Waals surface area contributed by atoms with Crippen molar-refractivity contribution in [1.82, 2.24) is 5.32 Å². The van der Waals surface area contributed by atoms with E-state index in [0.717, 1.165) is 12.3 Å². The Morgan fingerprint density at radius 1 is 1.35 bits per heavy atom. The minimum Gasteiger partial charge on any atom is -0.494 e. The molecule has 17 heavy (non-hydrogen) atoms. The lowest BCUT2D eigenvalue weighted by atomic mass is 9.93. The maximum Gasteiger partial charge on any atom is 0.119 e. The average Bonchev–Trinajstić information content (AvgIpc) is 2.40. The maximum atomic E-state index is 6.29. The first-order chi connectivity index (χ1) is 8.31. The van der Waals surface area contributed by atoms with E-state index in [4.69, 9.17) is 10.5 Å². The van der Waals surface area contributed by atoms with Gasteiger partial charge < -0.3 is 15.8 Å². The Morgan fingerprint density at radius 3 is 2.71 bits per heavy atom. The molecule has 2 unspecified atom stereocenters. The second-order valence-electron chi connectivity index (χ2n) is 4.58. The summed E-state index contributed by atoms with van der Waals surface area (Å²) in [5.41, 5.74) is 7.48. The van der Waals surface area contributed by atoms with E-state index in [1.54, 1.807) is 0 Å². The van der Waals surface area contributed by atoms with Crippen molar-refractivity contribution >= 4 is 0 Å². The van der Waals surface area contributed by atoms with Crippen molar-refractivity contribution < 1.29 is 4.74 Å². The smallest absolute Gasteiger partial charge is 0.119 e. The molecule has 0 bridgehead atoms. The summed E-state index contributed by atoms with van der Waals surface area (Å²) >= 11 is 0. The largest absolute Gasteiger partial charge is 0.494 e. The molecule has 1 aromatic carbocycles. The van der Waals surface area contributed by atoms with Crippen LogP contribution in [0.1, 0.15) is 37.8 Å². The summed E-state index contributed by atoms with van der Waals surface area (Å²) in [5, 5.41) is 3.50. The van der Waals surface area contributed by atoms with Crippen LogP contribution in [-0.4, -0.2) is 19.2 Å². The molecular weight excluding hydrogens is 212 g/mol. The molecule has 94 valence electrons. The van der Waals surface area contributed by atoms with Gasteiger partial charge in [-0.2, -0.15) is 0 Å². The molecule has 1 fully saturated rings. The molecule has 1 heterocycles. The Kier molecular flexibility index (Phi) is 4.40. The summed E-state index contributed by atoms with van der Waals surface area (Å²) in [5.74, 6) is 0.917. The summed E-state index contributed by atoms with van der Waals surface area (Å²) in [4.78, 5) is 0. The molecule has 3 N–H and O–H groups in total. The van der Waals surface area contributed by atoms with Crippen LogP contribution in [0, 0.1) is 0 Å². The van der Waals surface area contributed by atoms with Crippen molar-refractivity contribution in [3.05, 3.63) is 29.8 Å². The van der Waals surface area contributed by atoms with Crippen molar-refractivity contribution in [2.45, 2.75) is 38.3 Å². The zero-order chi connectivity index (χ0) is 12.1. The van der Waals surface area contributed by atoms with Gasteiger partial charge in [0.25, 0.3) is 0 Å². The van der Waals surface area contributed by atoms with Crippen LogP contribution in [0.25, 0.3) is 0 Å². The summed E-state index contributed by atoms with van der Waals surface area (Å²) in [6.07, 6.45) is 3.73. The number of hydrogen-bond donors (Lipinski definition) is 2. The fraction of sp³-hybridized carbons (Fsp3) is 0.571. The van der Waals surface area contributed by atoms with Crippen molar-refractivity contribution in [3.63, 3.8) is 0 Å².